The second-order valence-electron chi connectivity index (χ2n) is 4.35. The predicted octanol–water partition coefficient (Wildman–Crippen LogP) is 2.55. The molecule has 0 heterocycles. The molecule has 0 aliphatic rings. The number of unbranched alkanes of at least 4 members (excludes halogenated alkanes) is 2. The molecule has 0 aliphatic heterocycles. The SMILES string of the molecule is CCCCCOCC(C)OCC(C)OC(C)=O. The van der Waals surface area contributed by atoms with E-state index in [-0.39, 0.29) is 18.2 Å². The van der Waals surface area contributed by atoms with E-state index < -0.39 is 0 Å². The highest BCUT2D eigenvalue weighted by Gasteiger charge is 2.08. The summed E-state index contributed by atoms with van der Waals surface area (Å²) in [5.41, 5.74) is 0. The number of hydrogen-bond acceptors (Lipinski definition) is 4. The fourth-order valence-corrected chi connectivity index (χ4v) is 1.37. The van der Waals surface area contributed by atoms with Gasteiger partial charge in [-0.2, -0.15) is 0 Å². The third kappa shape index (κ3) is 11.6. The van der Waals surface area contributed by atoms with Crippen LogP contribution in [0.25, 0.3) is 0 Å². The minimum atomic E-state index is -0.274. The summed E-state index contributed by atoms with van der Waals surface area (Å²) in [5.74, 6) is -0.274. The molecule has 0 rings (SSSR count). The Morgan fingerprint density at radius 2 is 1.82 bits per heavy atom. The zero-order valence-corrected chi connectivity index (χ0v) is 11.5. The van der Waals surface area contributed by atoms with Crippen LogP contribution in [-0.2, 0) is 19.0 Å². The quantitative estimate of drug-likeness (QED) is 0.439. The molecule has 0 spiro atoms. The van der Waals surface area contributed by atoms with E-state index in [1.165, 1.54) is 19.8 Å². The molecule has 2 unspecified atom stereocenters. The van der Waals surface area contributed by atoms with Crippen LogP contribution in [0, 0.1) is 0 Å². The van der Waals surface area contributed by atoms with Crippen LogP contribution in [0.5, 0.6) is 0 Å². The van der Waals surface area contributed by atoms with Gasteiger partial charge in [0, 0.05) is 13.5 Å². The Morgan fingerprint density at radius 3 is 2.41 bits per heavy atom. The van der Waals surface area contributed by atoms with Crippen LogP contribution in [0.1, 0.15) is 47.0 Å². The summed E-state index contributed by atoms with van der Waals surface area (Å²) in [4.78, 5) is 10.7. The van der Waals surface area contributed by atoms with Crippen molar-refractivity contribution in [1.29, 1.82) is 0 Å². The summed E-state index contributed by atoms with van der Waals surface area (Å²) in [6.45, 7) is 9.14. The maximum atomic E-state index is 10.7. The highest BCUT2D eigenvalue weighted by atomic mass is 16.6. The molecule has 0 N–H and O–H groups in total. The molecular formula is C13H26O4. The number of rotatable bonds is 10. The third-order valence-electron chi connectivity index (χ3n) is 2.23. The minimum absolute atomic E-state index is 0.0367. The first-order valence-corrected chi connectivity index (χ1v) is 6.42. The van der Waals surface area contributed by atoms with E-state index in [0.29, 0.717) is 13.2 Å². The molecule has 4 heteroatoms. The monoisotopic (exact) mass is 246 g/mol. The summed E-state index contributed by atoms with van der Waals surface area (Å²) in [5, 5.41) is 0. The third-order valence-corrected chi connectivity index (χ3v) is 2.23. The number of carbonyl (C=O) groups excluding carboxylic acids is 1. The van der Waals surface area contributed by atoms with E-state index in [1.807, 2.05) is 13.8 Å². The maximum Gasteiger partial charge on any atom is 0.302 e. The average Bonchev–Trinajstić information content (AvgIpc) is 2.25. The zero-order chi connectivity index (χ0) is 13.1. The van der Waals surface area contributed by atoms with E-state index >= 15 is 0 Å². The second kappa shape index (κ2) is 10.5. The molecule has 4 nitrogen and oxygen atoms in total. The van der Waals surface area contributed by atoms with Gasteiger partial charge >= 0.3 is 5.97 Å². The average molecular weight is 246 g/mol. The largest absolute Gasteiger partial charge is 0.460 e. The topological polar surface area (TPSA) is 44.8 Å². The van der Waals surface area contributed by atoms with Gasteiger partial charge in [-0.25, -0.2) is 0 Å². The normalized spacial score (nSPS) is 14.4. The van der Waals surface area contributed by atoms with Gasteiger partial charge in [0.1, 0.15) is 6.10 Å². The highest BCUT2D eigenvalue weighted by Crippen LogP contribution is 2.00. The maximum absolute atomic E-state index is 10.7. The summed E-state index contributed by atoms with van der Waals surface area (Å²) < 4.78 is 15.9. The van der Waals surface area contributed by atoms with Gasteiger partial charge in [-0.1, -0.05) is 19.8 Å². The smallest absolute Gasteiger partial charge is 0.302 e. The molecule has 102 valence electrons. The predicted molar refractivity (Wildman–Crippen MR) is 67.0 cm³/mol. The number of hydrogen-bond donors (Lipinski definition) is 0. The van der Waals surface area contributed by atoms with Crippen molar-refractivity contribution < 1.29 is 19.0 Å². The minimum Gasteiger partial charge on any atom is -0.460 e. The van der Waals surface area contributed by atoms with Crippen LogP contribution in [0.4, 0.5) is 0 Å². The zero-order valence-electron chi connectivity index (χ0n) is 11.5. The molecule has 0 aliphatic carbocycles. The summed E-state index contributed by atoms with van der Waals surface area (Å²) in [6, 6.07) is 0. The van der Waals surface area contributed by atoms with Crippen LogP contribution in [0.15, 0.2) is 0 Å². The van der Waals surface area contributed by atoms with Crippen LogP contribution >= 0.6 is 0 Å². The van der Waals surface area contributed by atoms with Gasteiger partial charge in [0.25, 0.3) is 0 Å². The molecule has 0 aromatic carbocycles. The van der Waals surface area contributed by atoms with Crippen molar-refractivity contribution in [3.63, 3.8) is 0 Å². The van der Waals surface area contributed by atoms with Crippen LogP contribution in [0.2, 0.25) is 0 Å². The second-order valence-corrected chi connectivity index (χ2v) is 4.35. The van der Waals surface area contributed by atoms with Gasteiger partial charge in [-0.15, -0.1) is 0 Å². The standard InChI is InChI=1S/C13H26O4/c1-5-6-7-8-15-9-11(2)16-10-12(3)17-13(4)14/h11-12H,5-10H2,1-4H3. The van der Waals surface area contributed by atoms with E-state index in [4.69, 9.17) is 14.2 Å². The van der Waals surface area contributed by atoms with Crippen molar-refractivity contribution >= 4 is 5.97 Å². The van der Waals surface area contributed by atoms with Crippen LogP contribution < -0.4 is 0 Å². The Kier molecular flexibility index (Phi) is 10.2. The number of esters is 1. The van der Waals surface area contributed by atoms with Crippen molar-refractivity contribution in [2.75, 3.05) is 19.8 Å². The van der Waals surface area contributed by atoms with Crippen molar-refractivity contribution in [2.24, 2.45) is 0 Å². The molecular weight excluding hydrogens is 220 g/mol. The van der Waals surface area contributed by atoms with Gasteiger partial charge in [0.05, 0.1) is 19.3 Å². The lowest BCUT2D eigenvalue weighted by molar-refractivity contribution is -0.149. The lowest BCUT2D eigenvalue weighted by Crippen LogP contribution is -2.24. The van der Waals surface area contributed by atoms with Crippen LogP contribution in [0.3, 0.4) is 0 Å². The van der Waals surface area contributed by atoms with Gasteiger partial charge in [-0.3, -0.25) is 4.79 Å². The van der Waals surface area contributed by atoms with Crippen molar-refractivity contribution in [2.45, 2.75) is 59.2 Å². The first-order chi connectivity index (χ1) is 8.06. The van der Waals surface area contributed by atoms with Crippen molar-refractivity contribution in [1.82, 2.24) is 0 Å². The number of carbonyl (C=O) groups is 1. The fraction of sp³-hybridized carbons (Fsp3) is 0.923. The first-order valence-electron chi connectivity index (χ1n) is 6.42. The summed E-state index contributed by atoms with van der Waals surface area (Å²) in [7, 11) is 0. The Bertz CT molecular complexity index is 194. The molecule has 17 heavy (non-hydrogen) atoms. The first kappa shape index (κ1) is 16.4. The Morgan fingerprint density at radius 1 is 1.12 bits per heavy atom. The fourth-order valence-electron chi connectivity index (χ4n) is 1.37. The number of ether oxygens (including phenoxy) is 3. The highest BCUT2D eigenvalue weighted by molar-refractivity contribution is 5.66. The van der Waals surface area contributed by atoms with Gasteiger partial charge in [0.15, 0.2) is 0 Å². The van der Waals surface area contributed by atoms with E-state index in [2.05, 4.69) is 6.92 Å². The molecule has 0 radical (unpaired) electrons. The molecule has 0 fully saturated rings. The molecule has 0 amide bonds. The van der Waals surface area contributed by atoms with Crippen LogP contribution in [-0.4, -0.2) is 38.0 Å². The van der Waals surface area contributed by atoms with Gasteiger partial charge < -0.3 is 14.2 Å². The lowest BCUT2D eigenvalue weighted by atomic mass is 10.3. The van der Waals surface area contributed by atoms with Gasteiger partial charge in [0.2, 0.25) is 0 Å². The summed E-state index contributed by atoms with van der Waals surface area (Å²) in [6.07, 6.45) is 3.35. The molecule has 0 aromatic heterocycles. The lowest BCUT2D eigenvalue weighted by Gasteiger charge is -2.17. The molecule has 0 saturated heterocycles. The van der Waals surface area contributed by atoms with Gasteiger partial charge in [-0.05, 0) is 20.3 Å². The molecule has 2 atom stereocenters. The molecule has 0 saturated carbocycles. The van der Waals surface area contributed by atoms with E-state index in [1.54, 1.807) is 0 Å². The van der Waals surface area contributed by atoms with Crippen molar-refractivity contribution in [3.8, 4) is 0 Å². The van der Waals surface area contributed by atoms with Crippen molar-refractivity contribution in [3.05, 3.63) is 0 Å². The Balaban J connectivity index is 3.39. The Labute approximate surface area is 105 Å². The molecule has 0 bridgehead atoms. The van der Waals surface area contributed by atoms with E-state index in [0.717, 1.165) is 13.0 Å². The molecule has 0 aromatic rings. The van der Waals surface area contributed by atoms with E-state index in [9.17, 15) is 4.79 Å². The Hall–Kier alpha value is -0.610. The summed E-state index contributed by atoms with van der Waals surface area (Å²) >= 11 is 0.